The molecule has 19 heteroatoms. The number of rotatable bonds is 73. The number of ether oxygens (including phenoxy) is 4. The van der Waals surface area contributed by atoms with Crippen molar-refractivity contribution in [3.8, 4) is 0 Å². The van der Waals surface area contributed by atoms with Gasteiger partial charge in [0.2, 0.25) is 0 Å². The van der Waals surface area contributed by atoms with Crippen molar-refractivity contribution in [2.75, 3.05) is 39.6 Å². The van der Waals surface area contributed by atoms with Gasteiger partial charge < -0.3 is 33.8 Å². The maximum absolute atomic E-state index is 13.1. The molecule has 0 saturated heterocycles. The predicted octanol–water partition coefficient (Wildman–Crippen LogP) is 21.3. The average Bonchev–Trinajstić information content (AvgIpc) is 1.64. The second-order valence-electron chi connectivity index (χ2n) is 26.8. The van der Waals surface area contributed by atoms with Crippen LogP contribution in [-0.4, -0.2) is 96.7 Å². The molecule has 0 heterocycles. The molecule has 0 aromatic rings. The first-order valence-corrected chi connectivity index (χ1v) is 41.1. The van der Waals surface area contributed by atoms with Crippen LogP contribution in [0.5, 0.6) is 0 Å². The molecule has 0 fully saturated rings. The van der Waals surface area contributed by atoms with Crippen LogP contribution < -0.4 is 0 Å². The SMILES string of the molecule is CCCCCCCCCCCCCCCCCCCCCC(=O)O[C@H](COC(=O)CCCCCCCCCCCCCCCCCC)COP(=O)(O)OC[C@@H](O)COP(=O)(O)OC[C@@H](COC(=O)CCCCCCC)OC(=O)CCCCCCCCCCCC(C)C. The molecule has 0 amide bonds. The number of phosphoric acid groups is 2. The smallest absolute Gasteiger partial charge is 0.462 e. The van der Waals surface area contributed by atoms with Crippen molar-refractivity contribution >= 4 is 39.5 Å². The van der Waals surface area contributed by atoms with Crippen molar-refractivity contribution in [1.82, 2.24) is 0 Å². The summed E-state index contributed by atoms with van der Waals surface area (Å²) in [6, 6.07) is 0. The van der Waals surface area contributed by atoms with Gasteiger partial charge in [-0.3, -0.25) is 37.3 Å². The molecule has 17 nitrogen and oxygen atoms in total. The van der Waals surface area contributed by atoms with Gasteiger partial charge in [0.25, 0.3) is 0 Å². The van der Waals surface area contributed by atoms with Crippen molar-refractivity contribution in [2.24, 2.45) is 5.92 Å². The number of carbonyl (C=O) groups is 4. The van der Waals surface area contributed by atoms with E-state index in [0.717, 1.165) is 102 Å². The fourth-order valence-electron chi connectivity index (χ4n) is 11.2. The van der Waals surface area contributed by atoms with Crippen molar-refractivity contribution in [1.29, 1.82) is 0 Å². The van der Waals surface area contributed by atoms with Gasteiger partial charge in [0.15, 0.2) is 12.2 Å². The number of esters is 4. The highest BCUT2D eigenvalue weighted by Gasteiger charge is 2.30. The Kier molecular flexibility index (Phi) is 64.9. The molecule has 5 atom stereocenters. The van der Waals surface area contributed by atoms with Crippen LogP contribution in [0.1, 0.15) is 381 Å². The summed E-state index contributed by atoms with van der Waals surface area (Å²) in [4.78, 5) is 72.4. The van der Waals surface area contributed by atoms with Gasteiger partial charge in [-0.05, 0) is 31.6 Å². The standard InChI is InChI=1S/C73H142O17P2/c1-6-9-12-15-17-19-21-23-25-27-28-29-31-33-35-39-43-48-53-58-72(77)90-69(63-84-71(76)57-52-47-42-38-34-32-30-26-24-22-20-18-16-13-10-7-2)65-88-92(81,82)86-61-67(74)60-85-91(79,80)87-64-68(62-83-70(75)56-51-45-14-11-8-3)89-73(78)59-54-49-44-40-36-37-41-46-50-55-66(4)5/h66-69,74H,6-65H2,1-5H3,(H,79,80)(H,81,82)/t67-,68+,69+/m0/s1. The topological polar surface area (TPSA) is 237 Å². The van der Waals surface area contributed by atoms with Gasteiger partial charge in [-0.2, -0.15) is 0 Å². The summed E-state index contributed by atoms with van der Waals surface area (Å²) in [6.07, 6.45) is 54.6. The molecule has 0 aromatic heterocycles. The number of carbonyl (C=O) groups excluding carboxylic acids is 4. The van der Waals surface area contributed by atoms with Crippen molar-refractivity contribution < 1.29 is 80.2 Å². The van der Waals surface area contributed by atoms with Crippen molar-refractivity contribution in [2.45, 2.75) is 400 Å². The predicted molar refractivity (Wildman–Crippen MR) is 372 cm³/mol. The summed E-state index contributed by atoms with van der Waals surface area (Å²) in [6.45, 7) is 7.16. The molecule has 92 heavy (non-hydrogen) atoms. The van der Waals surface area contributed by atoms with E-state index in [1.165, 1.54) is 199 Å². The van der Waals surface area contributed by atoms with Crippen LogP contribution >= 0.6 is 15.6 Å². The lowest BCUT2D eigenvalue weighted by Gasteiger charge is -2.21. The highest BCUT2D eigenvalue weighted by molar-refractivity contribution is 7.47. The van der Waals surface area contributed by atoms with Crippen LogP contribution in [0.25, 0.3) is 0 Å². The zero-order valence-electron chi connectivity index (χ0n) is 59.7. The third-order valence-corrected chi connectivity index (χ3v) is 18.9. The minimum absolute atomic E-state index is 0.105. The van der Waals surface area contributed by atoms with E-state index in [1.807, 2.05) is 0 Å². The Labute approximate surface area is 562 Å². The van der Waals surface area contributed by atoms with Crippen LogP contribution in [0.2, 0.25) is 0 Å². The quantitative estimate of drug-likeness (QED) is 0.0222. The Morgan fingerprint density at radius 1 is 0.293 bits per heavy atom. The van der Waals surface area contributed by atoms with Gasteiger partial charge in [0, 0.05) is 25.7 Å². The number of hydrogen-bond donors (Lipinski definition) is 3. The molecule has 546 valence electrons. The highest BCUT2D eigenvalue weighted by Crippen LogP contribution is 2.45. The summed E-state index contributed by atoms with van der Waals surface area (Å²) in [5.74, 6) is -1.39. The van der Waals surface area contributed by atoms with Gasteiger partial charge in [0.05, 0.1) is 26.4 Å². The Balaban J connectivity index is 5.14. The van der Waals surface area contributed by atoms with E-state index in [1.54, 1.807) is 0 Å². The molecule has 0 rings (SSSR count). The van der Waals surface area contributed by atoms with Crippen molar-refractivity contribution in [3.63, 3.8) is 0 Å². The molecule has 0 bridgehead atoms. The van der Waals surface area contributed by atoms with E-state index in [0.29, 0.717) is 25.7 Å². The molecular weight excluding hydrogens is 1210 g/mol. The van der Waals surface area contributed by atoms with Gasteiger partial charge in [0.1, 0.15) is 19.3 Å². The van der Waals surface area contributed by atoms with Gasteiger partial charge >= 0.3 is 39.5 Å². The second kappa shape index (κ2) is 66.3. The number of aliphatic hydroxyl groups excluding tert-OH is 1. The minimum Gasteiger partial charge on any atom is -0.462 e. The van der Waals surface area contributed by atoms with E-state index in [-0.39, 0.29) is 25.7 Å². The third-order valence-electron chi connectivity index (χ3n) is 17.0. The lowest BCUT2D eigenvalue weighted by atomic mass is 10.0. The monoisotopic (exact) mass is 1350 g/mol. The van der Waals surface area contributed by atoms with E-state index >= 15 is 0 Å². The molecule has 0 saturated carbocycles. The molecule has 0 radical (unpaired) electrons. The zero-order valence-corrected chi connectivity index (χ0v) is 61.5. The maximum atomic E-state index is 13.1. The Morgan fingerprint density at radius 2 is 0.500 bits per heavy atom. The number of aliphatic hydroxyl groups is 1. The molecule has 0 aliphatic rings. The van der Waals surface area contributed by atoms with Gasteiger partial charge in [-0.25, -0.2) is 9.13 Å². The average molecular weight is 1350 g/mol. The van der Waals surface area contributed by atoms with E-state index in [2.05, 4.69) is 34.6 Å². The lowest BCUT2D eigenvalue weighted by Crippen LogP contribution is -2.30. The van der Waals surface area contributed by atoms with Crippen LogP contribution in [0.4, 0.5) is 0 Å². The van der Waals surface area contributed by atoms with E-state index in [4.69, 9.17) is 37.0 Å². The minimum atomic E-state index is -4.95. The van der Waals surface area contributed by atoms with Gasteiger partial charge in [-0.1, -0.05) is 330 Å². The fourth-order valence-corrected chi connectivity index (χ4v) is 12.8. The number of phosphoric ester groups is 2. The zero-order chi connectivity index (χ0) is 67.7. The lowest BCUT2D eigenvalue weighted by molar-refractivity contribution is -0.161. The number of hydrogen-bond acceptors (Lipinski definition) is 15. The molecule has 2 unspecified atom stereocenters. The summed E-state index contributed by atoms with van der Waals surface area (Å²) < 4.78 is 68.2. The Hall–Kier alpha value is -1.94. The Morgan fingerprint density at radius 3 is 0.739 bits per heavy atom. The molecule has 0 aliphatic heterocycles. The van der Waals surface area contributed by atoms with Crippen LogP contribution in [0, 0.1) is 5.92 Å². The first kappa shape index (κ1) is 90.1. The van der Waals surface area contributed by atoms with Crippen LogP contribution in [0.3, 0.4) is 0 Å². The summed E-state index contributed by atoms with van der Waals surface area (Å²) >= 11 is 0. The molecule has 3 N–H and O–H groups in total. The Bertz CT molecular complexity index is 1770. The largest absolute Gasteiger partial charge is 0.472 e. The molecule has 0 aliphatic carbocycles. The first-order valence-electron chi connectivity index (χ1n) is 38.1. The highest BCUT2D eigenvalue weighted by atomic mass is 31.2. The normalized spacial score (nSPS) is 14.0. The summed E-state index contributed by atoms with van der Waals surface area (Å²) in [5, 5.41) is 10.6. The first-order chi connectivity index (χ1) is 44.5. The summed E-state index contributed by atoms with van der Waals surface area (Å²) in [5.41, 5.74) is 0. The van der Waals surface area contributed by atoms with Crippen LogP contribution in [-0.2, 0) is 65.4 Å². The van der Waals surface area contributed by atoms with Gasteiger partial charge in [-0.15, -0.1) is 0 Å². The van der Waals surface area contributed by atoms with E-state index in [9.17, 15) is 43.2 Å². The molecular formula is C73H142O17P2. The second-order valence-corrected chi connectivity index (χ2v) is 29.7. The molecule has 0 spiro atoms. The summed E-state index contributed by atoms with van der Waals surface area (Å²) in [7, 11) is -9.89. The molecule has 0 aromatic carbocycles. The van der Waals surface area contributed by atoms with Crippen molar-refractivity contribution in [3.05, 3.63) is 0 Å². The third kappa shape index (κ3) is 66.7. The maximum Gasteiger partial charge on any atom is 0.472 e. The van der Waals surface area contributed by atoms with E-state index < -0.39 is 97.5 Å². The number of unbranched alkanes of at least 4 members (excludes halogenated alkanes) is 45. The fraction of sp³-hybridized carbons (Fsp3) is 0.945. The van der Waals surface area contributed by atoms with Crippen LogP contribution in [0.15, 0.2) is 0 Å².